The summed E-state index contributed by atoms with van der Waals surface area (Å²) < 4.78 is 5.47. The molecular weight excluding hydrogens is 226 g/mol. The van der Waals surface area contributed by atoms with Crippen LogP contribution in [0.15, 0.2) is 24.3 Å². The second-order valence-corrected chi connectivity index (χ2v) is 4.06. The number of ether oxygens (including phenoxy) is 1. The number of rotatable bonds is 9. The molecule has 0 saturated carbocycles. The topological polar surface area (TPSA) is 41.5 Å². The minimum atomic E-state index is 0.281. The fraction of sp³-hybridized carbons (Fsp3) is 0.467. The molecule has 0 aliphatic carbocycles. The van der Waals surface area contributed by atoms with Crippen molar-refractivity contribution in [3.8, 4) is 18.1 Å². The zero-order valence-corrected chi connectivity index (χ0v) is 10.7. The van der Waals surface area contributed by atoms with Crippen molar-refractivity contribution in [2.24, 2.45) is 0 Å². The monoisotopic (exact) mass is 247 g/mol. The van der Waals surface area contributed by atoms with Gasteiger partial charge in [-0.05, 0) is 31.9 Å². The maximum absolute atomic E-state index is 8.67. The normalized spacial score (nSPS) is 10.0. The number of benzene rings is 1. The summed E-state index contributed by atoms with van der Waals surface area (Å²) in [4.78, 5) is 0. The molecule has 0 radical (unpaired) electrons. The second kappa shape index (κ2) is 9.52. The predicted molar refractivity (Wildman–Crippen MR) is 73.4 cm³/mol. The summed E-state index contributed by atoms with van der Waals surface area (Å²) in [5.41, 5.74) is 1.12. The quantitative estimate of drug-likeness (QED) is 0.517. The molecule has 3 heteroatoms. The van der Waals surface area contributed by atoms with E-state index in [0.717, 1.165) is 43.7 Å². The van der Waals surface area contributed by atoms with Gasteiger partial charge in [-0.1, -0.05) is 24.1 Å². The van der Waals surface area contributed by atoms with E-state index in [2.05, 4.69) is 11.2 Å². The molecule has 98 valence electrons. The lowest BCUT2D eigenvalue weighted by Gasteiger charge is -2.10. The summed E-state index contributed by atoms with van der Waals surface area (Å²) in [6.45, 7) is 2.31. The van der Waals surface area contributed by atoms with E-state index in [1.54, 1.807) is 0 Å². The molecule has 0 saturated heterocycles. The summed E-state index contributed by atoms with van der Waals surface area (Å²) >= 11 is 0. The van der Waals surface area contributed by atoms with E-state index in [9.17, 15) is 0 Å². The lowest BCUT2D eigenvalue weighted by atomic mass is 10.2. The molecule has 0 aliphatic heterocycles. The highest BCUT2D eigenvalue weighted by atomic mass is 16.5. The minimum Gasteiger partial charge on any atom is -0.481 e. The Balaban J connectivity index is 2.30. The third-order valence-electron chi connectivity index (χ3n) is 2.61. The zero-order valence-electron chi connectivity index (χ0n) is 10.7. The van der Waals surface area contributed by atoms with Crippen LogP contribution in [0.5, 0.6) is 5.75 Å². The molecule has 0 spiro atoms. The molecular formula is C15H21NO2. The molecule has 0 amide bonds. The van der Waals surface area contributed by atoms with Crippen molar-refractivity contribution >= 4 is 0 Å². The van der Waals surface area contributed by atoms with Gasteiger partial charge >= 0.3 is 0 Å². The lowest BCUT2D eigenvalue weighted by molar-refractivity contribution is 0.283. The van der Waals surface area contributed by atoms with Crippen LogP contribution >= 0.6 is 0 Å². The van der Waals surface area contributed by atoms with Crippen molar-refractivity contribution in [1.29, 1.82) is 0 Å². The summed E-state index contributed by atoms with van der Waals surface area (Å²) in [6.07, 6.45) is 8.19. The Morgan fingerprint density at radius 2 is 2.06 bits per heavy atom. The molecule has 3 nitrogen and oxygen atoms in total. The summed E-state index contributed by atoms with van der Waals surface area (Å²) in [7, 11) is 0. The fourth-order valence-electron chi connectivity index (χ4n) is 1.67. The molecule has 18 heavy (non-hydrogen) atoms. The van der Waals surface area contributed by atoms with Gasteiger partial charge < -0.3 is 15.2 Å². The van der Waals surface area contributed by atoms with Crippen LogP contribution in [0.4, 0.5) is 0 Å². The van der Waals surface area contributed by atoms with Crippen LogP contribution in [0.1, 0.15) is 24.8 Å². The number of terminal acetylenes is 1. The summed E-state index contributed by atoms with van der Waals surface area (Å²) in [5.74, 6) is 3.31. The van der Waals surface area contributed by atoms with Crippen LogP contribution in [0.25, 0.3) is 0 Å². The average Bonchev–Trinajstić information content (AvgIpc) is 2.41. The first-order chi connectivity index (χ1) is 8.88. The van der Waals surface area contributed by atoms with E-state index < -0.39 is 0 Å². The molecule has 1 rings (SSSR count). The number of unbranched alkanes of at least 4 members (excludes halogenated alkanes) is 2. The number of aliphatic hydroxyl groups excluding tert-OH is 1. The highest BCUT2D eigenvalue weighted by Crippen LogP contribution is 2.17. The van der Waals surface area contributed by atoms with Gasteiger partial charge in [-0.3, -0.25) is 0 Å². The van der Waals surface area contributed by atoms with Crippen LogP contribution < -0.4 is 10.1 Å². The first-order valence-electron chi connectivity index (χ1n) is 6.34. The van der Waals surface area contributed by atoms with Gasteiger partial charge in [0.15, 0.2) is 0 Å². The predicted octanol–water partition coefficient (Wildman–Crippen LogP) is 1.95. The fourth-order valence-corrected chi connectivity index (χ4v) is 1.67. The third kappa shape index (κ3) is 5.72. The molecule has 0 bridgehead atoms. The van der Waals surface area contributed by atoms with Crippen LogP contribution in [0, 0.1) is 12.3 Å². The van der Waals surface area contributed by atoms with Gasteiger partial charge in [-0.2, -0.15) is 0 Å². The highest BCUT2D eigenvalue weighted by Gasteiger charge is 2.01. The Labute approximate surface area is 109 Å². The van der Waals surface area contributed by atoms with Gasteiger partial charge in [-0.15, -0.1) is 6.42 Å². The number of aliphatic hydroxyl groups is 1. The van der Waals surface area contributed by atoms with Crippen LogP contribution in [0.2, 0.25) is 0 Å². The first-order valence-corrected chi connectivity index (χ1v) is 6.34. The number of para-hydroxylation sites is 1. The Morgan fingerprint density at radius 1 is 1.22 bits per heavy atom. The average molecular weight is 247 g/mol. The minimum absolute atomic E-state index is 0.281. The van der Waals surface area contributed by atoms with Crippen molar-refractivity contribution in [3.05, 3.63) is 29.8 Å². The van der Waals surface area contributed by atoms with Gasteiger partial charge in [0.1, 0.15) is 12.4 Å². The van der Waals surface area contributed by atoms with Crippen molar-refractivity contribution in [1.82, 2.24) is 5.32 Å². The Kier molecular flexibility index (Phi) is 7.70. The Morgan fingerprint density at radius 3 is 2.83 bits per heavy atom. The standard InChI is InChI=1S/C15H21NO2/c1-2-12-18-15-9-5-4-8-14(15)13-16-10-6-3-7-11-17/h1,4-5,8-9,16-17H,3,6-7,10-13H2. The van der Waals surface area contributed by atoms with Gasteiger partial charge in [0.2, 0.25) is 0 Å². The molecule has 0 unspecified atom stereocenters. The summed E-state index contributed by atoms with van der Waals surface area (Å²) in [6, 6.07) is 7.90. The molecule has 0 aromatic heterocycles. The largest absolute Gasteiger partial charge is 0.481 e. The Bertz CT molecular complexity index is 371. The smallest absolute Gasteiger partial charge is 0.148 e. The van der Waals surface area contributed by atoms with E-state index in [1.165, 1.54) is 0 Å². The molecule has 1 aromatic carbocycles. The van der Waals surface area contributed by atoms with Crippen molar-refractivity contribution < 1.29 is 9.84 Å². The van der Waals surface area contributed by atoms with E-state index >= 15 is 0 Å². The van der Waals surface area contributed by atoms with Gasteiger partial charge in [0.25, 0.3) is 0 Å². The molecule has 1 aromatic rings. The third-order valence-corrected chi connectivity index (χ3v) is 2.61. The molecule has 2 N–H and O–H groups in total. The van der Waals surface area contributed by atoms with Gasteiger partial charge in [0, 0.05) is 18.7 Å². The van der Waals surface area contributed by atoms with Crippen molar-refractivity contribution in [2.75, 3.05) is 19.8 Å². The highest BCUT2D eigenvalue weighted by molar-refractivity contribution is 5.33. The molecule has 0 aliphatic rings. The molecule has 0 atom stereocenters. The molecule has 0 heterocycles. The van der Waals surface area contributed by atoms with E-state index in [0.29, 0.717) is 6.61 Å². The van der Waals surface area contributed by atoms with Crippen LogP contribution in [-0.2, 0) is 6.54 Å². The number of hydrogen-bond donors (Lipinski definition) is 2. The number of hydrogen-bond acceptors (Lipinski definition) is 3. The maximum Gasteiger partial charge on any atom is 0.148 e. The maximum atomic E-state index is 8.67. The van der Waals surface area contributed by atoms with E-state index in [4.69, 9.17) is 16.3 Å². The van der Waals surface area contributed by atoms with E-state index in [1.807, 2.05) is 24.3 Å². The SMILES string of the molecule is C#CCOc1ccccc1CNCCCCCO. The van der Waals surface area contributed by atoms with Gasteiger partial charge in [-0.25, -0.2) is 0 Å². The van der Waals surface area contributed by atoms with Gasteiger partial charge in [0.05, 0.1) is 0 Å². The number of nitrogens with one attached hydrogen (secondary N) is 1. The van der Waals surface area contributed by atoms with Crippen molar-refractivity contribution in [3.63, 3.8) is 0 Å². The van der Waals surface area contributed by atoms with E-state index in [-0.39, 0.29) is 6.61 Å². The second-order valence-electron chi connectivity index (χ2n) is 4.06. The van der Waals surface area contributed by atoms with Crippen LogP contribution in [0.3, 0.4) is 0 Å². The first kappa shape index (κ1) is 14.6. The summed E-state index contributed by atoms with van der Waals surface area (Å²) in [5, 5.41) is 12.0. The lowest BCUT2D eigenvalue weighted by Crippen LogP contribution is -2.15. The zero-order chi connectivity index (χ0) is 13.1. The van der Waals surface area contributed by atoms with Crippen LogP contribution in [-0.4, -0.2) is 24.9 Å². The van der Waals surface area contributed by atoms with Crippen molar-refractivity contribution in [2.45, 2.75) is 25.8 Å². The molecule has 0 fully saturated rings. The Hall–Kier alpha value is -1.50.